The first-order chi connectivity index (χ1) is 13.7. The largest absolute Gasteiger partial charge is 0.378 e. The van der Waals surface area contributed by atoms with Gasteiger partial charge < -0.3 is 9.64 Å². The molecule has 0 radical (unpaired) electrons. The number of aromatic nitrogens is 1. The van der Waals surface area contributed by atoms with E-state index in [-0.39, 0.29) is 0 Å². The quantitative estimate of drug-likeness (QED) is 0.546. The summed E-state index contributed by atoms with van der Waals surface area (Å²) in [6.07, 6.45) is 1.88. The van der Waals surface area contributed by atoms with Crippen molar-refractivity contribution in [3.63, 3.8) is 0 Å². The highest BCUT2D eigenvalue weighted by atomic mass is 35.5. The Kier molecular flexibility index (Phi) is 5.73. The van der Waals surface area contributed by atoms with Gasteiger partial charge in [-0.3, -0.25) is 0 Å². The Morgan fingerprint density at radius 1 is 1.11 bits per heavy atom. The summed E-state index contributed by atoms with van der Waals surface area (Å²) in [5.74, 6) is 0. The van der Waals surface area contributed by atoms with Gasteiger partial charge in [0.1, 0.15) is 11.1 Å². The topological polar surface area (TPSA) is 49.2 Å². The molecule has 6 heteroatoms. The summed E-state index contributed by atoms with van der Waals surface area (Å²) in [4.78, 5) is 6.94. The van der Waals surface area contributed by atoms with E-state index >= 15 is 0 Å². The van der Waals surface area contributed by atoms with Gasteiger partial charge >= 0.3 is 0 Å². The molecule has 4 rings (SSSR count). The van der Waals surface area contributed by atoms with Crippen LogP contribution in [0.25, 0.3) is 22.9 Å². The molecule has 4 nitrogen and oxygen atoms in total. The predicted octanol–water partition coefficient (Wildman–Crippen LogP) is 5.36. The van der Waals surface area contributed by atoms with E-state index in [1.165, 1.54) is 17.0 Å². The van der Waals surface area contributed by atoms with Crippen molar-refractivity contribution in [1.82, 2.24) is 4.98 Å². The van der Waals surface area contributed by atoms with Crippen molar-refractivity contribution in [2.75, 3.05) is 31.2 Å². The van der Waals surface area contributed by atoms with Gasteiger partial charge in [-0.1, -0.05) is 35.9 Å². The minimum Gasteiger partial charge on any atom is -0.378 e. The fourth-order valence-electron chi connectivity index (χ4n) is 3.06. The third-order valence-corrected chi connectivity index (χ3v) is 5.70. The molecule has 1 saturated heterocycles. The molecule has 3 aromatic rings. The number of morpholine rings is 1. The number of anilines is 1. The van der Waals surface area contributed by atoms with Crippen LogP contribution < -0.4 is 4.90 Å². The van der Waals surface area contributed by atoms with Crippen LogP contribution in [0.2, 0.25) is 5.02 Å². The Morgan fingerprint density at radius 3 is 2.50 bits per heavy atom. The molecule has 1 aromatic heterocycles. The van der Waals surface area contributed by atoms with Crippen LogP contribution in [0.15, 0.2) is 53.9 Å². The number of halogens is 1. The van der Waals surface area contributed by atoms with Crippen molar-refractivity contribution in [1.29, 1.82) is 5.26 Å². The van der Waals surface area contributed by atoms with Gasteiger partial charge in [0, 0.05) is 34.7 Å². The van der Waals surface area contributed by atoms with E-state index in [2.05, 4.69) is 28.1 Å². The summed E-state index contributed by atoms with van der Waals surface area (Å²) in [7, 11) is 0. The van der Waals surface area contributed by atoms with E-state index in [9.17, 15) is 5.26 Å². The molecular weight excluding hydrogens is 390 g/mol. The first-order valence-electron chi connectivity index (χ1n) is 8.99. The van der Waals surface area contributed by atoms with Crippen molar-refractivity contribution in [3.05, 3.63) is 69.5 Å². The maximum atomic E-state index is 9.62. The first kappa shape index (κ1) is 18.7. The molecule has 0 atom stereocenters. The van der Waals surface area contributed by atoms with Crippen molar-refractivity contribution in [3.8, 4) is 17.3 Å². The number of hydrogen-bond donors (Lipinski definition) is 0. The van der Waals surface area contributed by atoms with Crippen LogP contribution in [0.5, 0.6) is 0 Å². The highest BCUT2D eigenvalue weighted by molar-refractivity contribution is 7.11. The lowest BCUT2D eigenvalue weighted by Crippen LogP contribution is -2.36. The first-order valence-corrected chi connectivity index (χ1v) is 10.2. The molecule has 28 heavy (non-hydrogen) atoms. The number of allylic oxidation sites excluding steroid dienone is 1. The second-order valence-corrected chi connectivity index (χ2v) is 7.70. The summed E-state index contributed by atoms with van der Waals surface area (Å²) < 4.78 is 5.40. The highest BCUT2D eigenvalue weighted by Crippen LogP contribution is 2.28. The van der Waals surface area contributed by atoms with Gasteiger partial charge in [-0.25, -0.2) is 4.98 Å². The van der Waals surface area contributed by atoms with Crippen LogP contribution in [-0.2, 0) is 4.74 Å². The van der Waals surface area contributed by atoms with Gasteiger partial charge in [-0.2, -0.15) is 5.26 Å². The normalized spacial score (nSPS) is 14.7. The molecule has 0 N–H and O–H groups in total. The maximum absolute atomic E-state index is 9.62. The van der Waals surface area contributed by atoms with E-state index in [4.69, 9.17) is 16.3 Å². The van der Waals surface area contributed by atoms with Gasteiger partial charge in [0.15, 0.2) is 0 Å². The summed E-state index contributed by atoms with van der Waals surface area (Å²) in [6.45, 7) is 3.34. The van der Waals surface area contributed by atoms with Gasteiger partial charge in [-0.15, -0.1) is 11.3 Å². The molecule has 0 aliphatic carbocycles. The molecule has 1 fully saturated rings. The molecule has 0 spiro atoms. The number of hydrogen-bond acceptors (Lipinski definition) is 5. The van der Waals surface area contributed by atoms with Crippen molar-refractivity contribution in [2.24, 2.45) is 0 Å². The van der Waals surface area contributed by atoms with E-state index in [0.717, 1.165) is 43.1 Å². The van der Waals surface area contributed by atoms with Crippen molar-refractivity contribution < 1.29 is 4.74 Å². The number of thiazole rings is 1. The zero-order valence-electron chi connectivity index (χ0n) is 15.1. The van der Waals surface area contributed by atoms with Gasteiger partial charge in [0.05, 0.1) is 24.5 Å². The molecule has 2 heterocycles. The third kappa shape index (κ3) is 4.26. The van der Waals surface area contributed by atoms with E-state index in [1.807, 2.05) is 47.9 Å². The molecule has 2 aromatic carbocycles. The van der Waals surface area contributed by atoms with Crippen molar-refractivity contribution in [2.45, 2.75) is 0 Å². The number of benzene rings is 2. The second-order valence-electron chi connectivity index (χ2n) is 6.41. The Labute approximate surface area is 173 Å². The summed E-state index contributed by atoms with van der Waals surface area (Å²) in [6, 6.07) is 18.1. The Hall–Kier alpha value is -2.65. The minimum atomic E-state index is 0.560. The molecule has 0 bridgehead atoms. The fraction of sp³-hybridized carbons (Fsp3) is 0.182. The molecule has 1 aliphatic rings. The predicted molar refractivity (Wildman–Crippen MR) is 116 cm³/mol. The lowest BCUT2D eigenvalue weighted by atomic mass is 10.1. The summed E-state index contributed by atoms with van der Waals surface area (Å²) >= 11 is 7.42. The molecule has 1 aliphatic heterocycles. The van der Waals surface area contributed by atoms with Crippen LogP contribution in [0.3, 0.4) is 0 Å². The fourth-order valence-corrected chi connectivity index (χ4v) is 3.98. The molecular formula is C22H18ClN3OS. The zero-order valence-corrected chi connectivity index (χ0v) is 16.7. The number of nitriles is 1. The summed E-state index contributed by atoms with van der Waals surface area (Å²) in [5.41, 5.74) is 4.55. The molecule has 0 amide bonds. The van der Waals surface area contributed by atoms with E-state index in [0.29, 0.717) is 15.6 Å². The van der Waals surface area contributed by atoms with Gasteiger partial charge in [0.2, 0.25) is 0 Å². The number of rotatable bonds is 4. The third-order valence-electron chi connectivity index (χ3n) is 4.58. The lowest BCUT2D eigenvalue weighted by Gasteiger charge is -2.28. The second kappa shape index (κ2) is 8.57. The average Bonchev–Trinajstić information content (AvgIpc) is 3.23. The smallest absolute Gasteiger partial charge is 0.134 e. The average molecular weight is 408 g/mol. The van der Waals surface area contributed by atoms with Crippen LogP contribution in [-0.4, -0.2) is 31.3 Å². The Bertz CT molecular complexity index is 1010. The standard InChI is InChI=1S/C22H18ClN3OS/c23-19-5-3-17(4-6-19)21-15-28-22(25-21)18(14-24)13-16-1-7-20(8-2-16)26-9-11-27-12-10-26/h1-8,13,15H,9-12H2. The zero-order chi connectivity index (χ0) is 19.3. The van der Waals surface area contributed by atoms with E-state index < -0.39 is 0 Å². The van der Waals surface area contributed by atoms with Gasteiger partial charge in [-0.05, 0) is 35.9 Å². The number of ether oxygens (including phenoxy) is 1. The van der Waals surface area contributed by atoms with Gasteiger partial charge in [0.25, 0.3) is 0 Å². The lowest BCUT2D eigenvalue weighted by molar-refractivity contribution is 0.122. The maximum Gasteiger partial charge on any atom is 0.134 e. The SMILES string of the molecule is N#CC(=Cc1ccc(N2CCOCC2)cc1)c1nc(-c2ccc(Cl)cc2)cs1. The summed E-state index contributed by atoms with van der Waals surface area (Å²) in [5, 5.41) is 13.0. The van der Waals surface area contributed by atoms with E-state index in [1.54, 1.807) is 0 Å². The highest BCUT2D eigenvalue weighted by Gasteiger charge is 2.12. The van der Waals surface area contributed by atoms with Crippen LogP contribution in [0, 0.1) is 11.3 Å². The van der Waals surface area contributed by atoms with Crippen molar-refractivity contribution >= 4 is 40.3 Å². The molecule has 0 unspecified atom stereocenters. The molecule has 0 saturated carbocycles. The Morgan fingerprint density at radius 2 is 1.82 bits per heavy atom. The van der Waals surface area contributed by atoms with Crippen LogP contribution >= 0.6 is 22.9 Å². The minimum absolute atomic E-state index is 0.560. The number of nitrogens with zero attached hydrogens (tertiary/aromatic N) is 3. The van der Waals surface area contributed by atoms with Crippen LogP contribution in [0.4, 0.5) is 5.69 Å². The monoisotopic (exact) mass is 407 g/mol. The molecule has 140 valence electrons. The Balaban J connectivity index is 1.54. The van der Waals surface area contributed by atoms with Crippen LogP contribution in [0.1, 0.15) is 10.6 Å².